The van der Waals surface area contributed by atoms with Crippen LogP contribution in [0.3, 0.4) is 0 Å². The van der Waals surface area contributed by atoms with Gasteiger partial charge in [0.25, 0.3) is 0 Å². The van der Waals surface area contributed by atoms with Crippen molar-refractivity contribution in [2.24, 2.45) is 11.1 Å². The second-order valence-electron chi connectivity index (χ2n) is 3.94. The smallest absolute Gasteiger partial charge is 0.311 e. The number of hydrogen-bond acceptors (Lipinski definition) is 3. The van der Waals surface area contributed by atoms with Crippen molar-refractivity contribution in [2.75, 3.05) is 6.54 Å². The Morgan fingerprint density at radius 1 is 1.64 bits per heavy atom. The topological polar surface area (TPSA) is 92.4 Å². The molecular formula is C9H16N2O3. The number of rotatable bonds is 3. The van der Waals surface area contributed by atoms with Crippen LogP contribution in [-0.2, 0) is 9.59 Å². The zero-order valence-electron chi connectivity index (χ0n) is 8.25. The Labute approximate surface area is 82.7 Å². The lowest BCUT2D eigenvalue weighted by Gasteiger charge is -2.27. The summed E-state index contributed by atoms with van der Waals surface area (Å²) in [5.41, 5.74) is 4.33. The highest BCUT2D eigenvalue weighted by Gasteiger charge is 2.45. The zero-order valence-corrected chi connectivity index (χ0v) is 8.25. The molecule has 0 saturated heterocycles. The van der Waals surface area contributed by atoms with Gasteiger partial charge >= 0.3 is 5.97 Å². The van der Waals surface area contributed by atoms with Gasteiger partial charge in [0.15, 0.2) is 0 Å². The lowest BCUT2D eigenvalue weighted by atomic mass is 9.85. The summed E-state index contributed by atoms with van der Waals surface area (Å²) in [4.78, 5) is 22.1. The van der Waals surface area contributed by atoms with E-state index in [4.69, 9.17) is 10.8 Å². The standard InChI is InChI=1S/C9H16N2O3/c1-9(8(13)14)4-2-3-6(9)11-7(12)5-10/h6H,2-5,10H2,1H3,(H,11,12)(H,13,14). The highest BCUT2D eigenvalue weighted by atomic mass is 16.4. The van der Waals surface area contributed by atoms with Crippen LogP contribution in [0, 0.1) is 5.41 Å². The first-order valence-corrected chi connectivity index (χ1v) is 4.73. The molecule has 1 aliphatic carbocycles. The molecular weight excluding hydrogens is 184 g/mol. The highest BCUT2D eigenvalue weighted by Crippen LogP contribution is 2.38. The maximum atomic E-state index is 11.0. The van der Waals surface area contributed by atoms with Crippen LogP contribution in [0.5, 0.6) is 0 Å². The van der Waals surface area contributed by atoms with Crippen LogP contribution in [0.2, 0.25) is 0 Å². The third kappa shape index (κ3) is 1.87. The van der Waals surface area contributed by atoms with Gasteiger partial charge in [-0.05, 0) is 19.8 Å². The number of amides is 1. The molecule has 1 saturated carbocycles. The van der Waals surface area contributed by atoms with Crippen LogP contribution in [0.25, 0.3) is 0 Å². The minimum Gasteiger partial charge on any atom is -0.481 e. The van der Waals surface area contributed by atoms with Crippen LogP contribution in [0.4, 0.5) is 0 Å². The summed E-state index contributed by atoms with van der Waals surface area (Å²) >= 11 is 0. The predicted octanol–water partition coefficient (Wildman–Crippen LogP) is -0.295. The van der Waals surface area contributed by atoms with Gasteiger partial charge in [0, 0.05) is 6.04 Å². The van der Waals surface area contributed by atoms with E-state index in [1.165, 1.54) is 0 Å². The highest BCUT2D eigenvalue weighted by molar-refractivity contribution is 5.81. The summed E-state index contributed by atoms with van der Waals surface area (Å²) in [6, 6.07) is -0.281. The lowest BCUT2D eigenvalue weighted by Crippen LogP contribution is -2.48. The molecule has 0 radical (unpaired) electrons. The van der Waals surface area contributed by atoms with Gasteiger partial charge in [-0.3, -0.25) is 9.59 Å². The van der Waals surface area contributed by atoms with E-state index in [-0.39, 0.29) is 18.5 Å². The number of carboxylic acids is 1. The molecule has 2 unspecified atom stereocenters. The van der Waals surface area contributed by atoms with E-state index in [0.29, 0.717) is 12.8 Å². The van der Waals surface area contributed by atoms with E-state index < -0.39 is 11.4 Å². The summed E-state index contributed by atoms with van der Waals surface area (Å²) < 4.78 is 0. The van der Waals surface area contributed by atoms with Crippen molar-refractivity contribution in [2.45, 2.75) is 32.2 Å². The van der Waals surface area contributed by atoms with E-state index in [0.717, 1.165) is 6.42 Å². The van der Waals surface area contributed by atoms with Crippen molar-refractivity contribution in [3.8, 4) is 0 Å². The third-order valence-electron chi connectivity index (χ3n) is 2.97. The van der Waals surface area contributed by atoms with Crippen molar-refractivity contribution >= 4 is 11.9 Å². The fourth-order valence-electron chi connectivity index (χ4n) is 1.91. The summed E-state index contributed by atoms with van der Waals surface area (Å²) in [7, 11) is 0. The summed E-state index contributed by atoms with van der Waals surface area (Å²) in [6.45, 7) is 1.58. The second kappa shape index (κ2) is 3.96. The van der Waals surface area contributed by atoms with Crippen LogP contribution in [0.15, 0.2) is 0 Å². The Hall–Kier alpha value is -1.10. The van der Waals surface area contributed by atoms with Gasteiger partial charge < -0.3 is 16.2 Å². The average Bonchev–Trinajstić information content (AvgIpc) is 2.49. The van der Waals surface area contributed by atoms with Crippen molar-refractivity contribution in [1.82, 2.24) is 5.32 Å². The van der Waals surface area contributed by atoms with Crippen LogP contribution in [0.1, 0.15) is 26.2 Å². The van der Waals surface area contributed by atoms with Crippen LogP contribution >= 0.6 is 0 Å². The Morgan fingerprint density at radius 2 is 2.29 bits per heavy atom. The minimum atomic E-state index is -0.850. The summed E-state index contributed by atoms with van der Waals surface area (Å²) in [6.07, 6.45) is 2.16. The molecule has 80 valence electrons. The normalized spacial score (nSPS) is 31.4. The molecule has 0 aliphatic heterocycles. The van der Waals surface area contributed by atoms with E-state index in [9.17, 15) is 9.59 Å². The molecule has 2 atom stereocenters. The number of nitrogens with two attached hydrogens (primary N) is 1. The molecule has 0 aromatic carbocycles. The van der Waals surface area contributed by atoms with E-state index >= 15 is 0 Å². The molecule has 4 N–H and O–H groups in total. The summed E-state index contributed by atoms with van der Waals surface area (Å²) in [5.74, 6) is -1.14. The van der Waals surface area contributed by atoms with Gasteiger partial charge in [-0.15, -0.1) is 0 Å². The Bertz CT molecular complexity index is 254. The fraction of sp³-hybridized carbons (Fsp3) is 0.778. The molecule has 0 aromatic heterocycles. The first-order valence-electron chi connectivity index (χ1n) is 4.73. The number of aliphatic carboxylic acids is 1. The Balaban J connectivity index is 2.68. The Morgan fingerprint density at radius 3 is 2.79 bits per heavy atom. The molecule has 1 aliphatic rings. The number of nitrogens with one attached hydrogen (secondary N) is 1. The minimum absolute atomic E-state index is 0.0911. The Kier molecular flexibility index (Phi) is 3.10. The zero-order chi connectivity index (χ0) is 10.8. The number of carbonyl (C=O) groups excluding carboxylic acids is 1. The molecule has 5 heteroatoms. The van der Waals surface area contributed by atoms with Gasteiger partial charge in [-0.1, -0.05) is 6.42 Å². The van der Waals surface area contributed by atoms with E-state index in [1.54, 1.807) is 6.92 Å². The van der Waals surface area contributed by atoms with Gasteiger partial charge in [-0.2, -0.15) is 0 Å². The third-order valence-corrected chi connectivity index (χ3v) is 2.97. The van der Waals surface area contributed by atoms with Gasteiger partial charge in [0.1, 0.15) is 0 Å². The fourth-order valence-corrected chi connectivity index (χ4v) is 1.91. The van der Waals surface area contributed by atoms with Crippen LogP contribution in [-0.4, -0.2) is 29.6 Å². The first kappa shape index (κ1) is 11.0. The van der Waals surface area contributed by atoms with Gasteiger partial charge in [0.05, 0.1) is 12.0 Å². The van der Waals surface area contributed by atoms with Crippen molar-refractivity contribution in [3.05, 3.63) is 0 Å². The van der Waals surface area contributed by atoms with E-state index in [1.807, 2.05) is 0 Å². The summed E-state index contributed by atoms with van der Waals surface area (Å²) in [5, 5.41) is 11.7. The van der Waals surface area contributed by atoms with Gasteiger partial charge in [0.2, 0.25) is 5.91 Å². The maximum Gasteiger partial charge on any atom is 0.311 e. The molecule has 1 rings (SSSR count). The first-order chi connectivity index (χ1) is 6.50. The largest absolute Gasteiger partial charge is 0.481 e. The van der Waals surface area contributed by atoms with Crippen molar-refractivity contribution in [3.63, 3.8) is 0 Å². The average molecular weight is 200 g/mol. The van der Waals surface area contributed by atoms with Crippen molar-refractivity contribution < 1.29 is 14.7 Å². The molecule has 1 fully saturated rings. The molecule has 1 amide bonds. The van der Waals surface area contributed by atoms with E-state index in [2.05, 4.69) is 5.32 Å². The SMILES string of the molecule is CC1(C(=O)O)CCCC1NC(=O)CN. The molecule has 14 heavy (non-hydrogen) atoms. The monoisotopic (exact) mass is 200 g/mol. The molecule has 0 aromatic rings. The second-order valence-corrected chi connectivity index (χ2v) is 3.94. The molecule has 0 spiro atoms. The van der Waals surface area contributed by atoms with Crippen molar-refractivity contribution in [1.29, 1.82) is 0 Å². The lowest BCUT2D eigenvalue weighted by molar-refractivity contribution is -0.149. The van der Waals surface area contributed by atoms with Gasteiger partial charge in [-0.25, -0.2) is 0 Å². The molecule has 0 heterocycles. The predicted molar refractivity (Wildman–Crippen MR) is 50.6 cm³/mol. The number of carboxylic acid groups (broad SMARTS) is 1. The van der Waals surface area contributed by atoms with Crippen LogP contribution < -0.4 is 11.1 Å². The molecule has 5 nitrogen and oxygen atoms in total. The number of hydrogen-bond donors (Lipinski definition) is 3. The maximum absolute atomic E-state index is 11.0. The number of carbonyl (C=O) groups is 2. The quantitative estimate of drug-likeness (QED) is 0.583. The molecule has 0 bridgehead atoms.